The van der Waals surface area contributed by atoms with Gasteiger partial charge in [0.15, 0.2) is 5.82 Å². The van der Waals surface area contributed by atoms with Gasteiger partial charge in [-0.05, 0) is 43.0 Å². The van der Waals surface area contributed by atoms with Crippen LogP contribution in [0.3, 0.4) is 0 Å². The number of aromatic nitrogens is 4. The molecule has 3 N–H and O–H groups in total. The molecule has 1 saturated heterocycles. The molecule has 0 unspecified atom stereocenters. The van der Waals surface area contributed by atoms with Gasteiger partial charge in [0.2, 0.25) is 0 Å². The first kappa shape index (κ1) is 16.4. The number of amides is 1. The third kappa shape index (κ3) is 3.61. The van der Waals surface area contributed by atoms with Crippen LogP contribution in [0.15, 0.2) is 48.9 Å². The Bertz CT molecular complexity index is 834. The maximum Gasteiger partial charge on any atom is 0.267 e. The zero-order valence-corrected chi connectivity index (χ0v) is 14.5. The van der Waals surface area contributed by atoms with E-state index in [4.69, 9.17) is 0 Å². The summed E-state index contributed by atoms with van der Waals surface area (Å²) < 4.78 is 0. The van der Waals surface area contributed by atoms with E-state index in [1.165, 1.54) is 0 Å². The Morgan fingerprint density at radius 2 is 2.15 bits per heavy atom. The molecule has 26 heavy (non-hydrogen) atoms. The Kier molecular flexibility index (Phi) is 4.68. The molecule has 0 aliphatic carbocycles. The summed E-state index contributed by atoms with van der Waals surface area (Å²) in [7, 11) is 0. The van der Waals surface area contributed by atoms with Crippen LogP contribution in [0.4, 0.5) is 5.82 Å². The first-order valence-corrected chi connectivity index (χ1v) is 8.92. The van der Waals surface area contributed by atoms with E-state index in [0.717, 1.165) is 43.0 Å². The topological polar surface area (TPSA) is 89.7 Å². The average molecular weight is 350 g/mol. The van der Waals surface area contributed by atoms with E-state index in [1.807, 2.05) is 24.4 Å². The predicted octanol–water partition coefficient (Wildman–Crippen LogP) is 2.45. The summed E-state index contributed by atoms with van der Waals surface area (Å²) in [6.45, 7) is 2.61. The van der Waals surface area contributed by atoms with Crippen molar-refractivity contribution in [1.82, 2.24) is 25.5 Å². The normalized spacial score (nSPS) is 15.2. The average Bonchev–Trinajstić information content (AvgIpc) is 3.39. The number of nitrogens with one attached hydrogen (secondary N) is 3. The van der Waals surface area contributed by atoms with Gasteiger partial charge in [-0.3, -0.25) is 14.9 Å². The number of rotatable bonds is 5. The van der Waals surface area contributed by atoms with Crippen LogP contribution in [-0.4, -0.2) is 45.7 Å². The number of hydrogen-bond acceptors (Lipinski definition) is 4. The molecule has 0 bridgehead atoms. The van der Waals surface area contributed by atoms with Gasteiger partial charge in [-0.25, -0.2) is 0 Å². The molecule has 0 spiro atoms. The van der Waals surface area contributed by atoms with Crippen molar-refractivity contribution in [3.05, 3.63) is 54.6 Å². The zero-order valence-electron chi connectivity index (χ0n) is 14.5. The van der Waals surface area contributed by atoms with E-state index in [-0.39, 0.29) is 5.91 Å². The monoisotopic (exact) mass is 350 g/mol. The highest BCUT2D eigenvalue weighted by atomic mass is 16.1. The van der Waals surface area contributed by atoms with E-state index < -0.39 is 0 Å². The van der Waals surface area contributed by atoms with E-state index in [0.29, 0.717) is 18.2 Å². The molecule has 4 heterocycles. The van der Waals surface area contributed by atoms with Crippen molar-refractivity contribution in [1.29, 1.82) is 0 Å². The summed E-state index contributed by atoms with van der Waals surface area (Å²) in [5.74, 6) is 1.44. The fourth-order valence-corrected chi connectivity index (χ4v) is 3.31. The number of piperidine rings is 1. The standard InChI is InChI=1S/C19H22N6O/c26-19(16-4-2-8-21-16)22-12-14-5-9-25(10-6-14)18-11-17(23-24-18)15-3-1-7-20-13-15/h1-4,7-8,11,13-14,21H,5-6,9-10,12H2,(H,22,26)(H,23,24). The SMILES string of the molecule is O=C(NCC1CCN(c2cc(-c3cccnc3)[nH]n2)CC1)c1ccc[nH]1. The molecule has 0 saturated carbocycles. The number of pyridine rings is 1. The molecule has 0 aromatic carbocycles. The molecule has 7 heteroatoms. The summed E-state index contributed by atoms with van der Waals surface area (Å²) in [6, 6.07) is 9.63. The molecule has 7 nitrogen and oxygen atoms in total. The first-order valence-electron chi connectivity index (χ1n) is 8.92. The van der Waals surface area contributed by atoms with Crippen LogP contribution in [0.5, 0.6) is 0 Å². The fourth-order valence-electron chi connectivity index (χ4n) is 3.31. The van der Waals surface area contributed by atoms with Crippen molar-refractivity contribution >= 4 is 11.7 Å². The van der Waals surface area contributed by atoms with Gasteiger partial charge in [0.1, 0.15) is 5.69 Å². The predicted molar refractivity (Wildman–Crippen MR) is 99.9 cm³/mol. The molecule has 0 radical (unpaired) electrons. The van der Waals surface area contributed by atoms with Gasteiger partial charge >= 0.3 is 0 Å². The van der Waals surface area contributed by atoms with Crippen molar-refractivity contribution < 1.29 is 4.79 Å². The number of nitrogens with zero attached hydrogens (tertiary/aromatic N) is 3. The molecule has 1 aliphatic rings. The molecule has 134 valence electrons. The lowest BCUT2D eigenvalue weighted by atomic mass is 9.96. The van der Waals surface area contributed by atoms with E-state index in [1.54, 1.807) is 18.5 Å². The second kappa shape index (κ2) is 7.43. The molecular formula is C19H22N6O. The van der Waals surface area contributed by atoms with Crippen molar-refractivity contribution in [2.75, 3.05) is 24.5 Å². The van der Waals surface area contributed by atoms with Crippen LogP contribution in [0.25, 0.3) is 11.3 Å². The van der Waals surface area contributed by atoms with Gasteiger partial charge in [0.05, 0.1) is 5.69 Å². The summed E-state index contributed by atoms with van der Waals surface area (Å²) in [4.78, 5) is 21.4. The molecule has 3 aromatic heterocycles. The smallest absolute Gasteiger partial charge is 0.267 e. The second-order valence-electron chi connectivity index (χ2n) is 6.61. The largest absolute Gasteiger partial charge is 0.357 e. The van der Waals surface area contributed by atoms with Crippen LogP contribution in [-0.2, 0) is 0 Å². The van der Waals surface area contributed by atoms with Crippen molar-refractivity contribution in [2.45, 2.75) is 12.8 Å². The number of aromatic amines is 2. The minimum absolute atomic E-state index is 0.0363. The van der Waals surface area contributed by atoms with Gasteiger partial charge in [0.25, 0.3) is 5.91 Å². The van der Waals surface area contributed by atoms with Gasteiger partial charge in [-0.15, -0.1) is 0 Å². The van der Waals surface area contributed by atoms with Crippen molar-refractivity contribution in [2.24, 2.45) is 5.92 Å². The van der Waals surface area contributed by atoms with E-state index >= 15 is 0 Å². The summed E-state index contributed by atoms with van der Waals surface area (Å²) >= 11 is 0. The van der Waals surface area contributed by atoms with Gasteiger partial charge in [-0.1, -0.05) is 0 Å². The number of anilines is 1. The molecule has 0 atom stereocenters. The van der Waals surface area contributed by atoms with E-state index in [9.17, 15) is 4.79 Å². The third-order valence-electron chi connectivity index (χ3n) is 4.87. The second-order valence-corrected chi connectivity index (χ2v) is 6.61. The molecule has 1 amide bonds. The van der Waals surface area contributed by atoms with Gasteiger partial charge in [-0.2, -0.15) is 5.10 Å². The lowest BCUT2D eigenvalue weighted by Crippen LogP contribution is -2.38. The number of carbonyl (C=O) groups excluding carboxylic acids is 1. The summed E-state index contributed by atoms with van der Waals surface area (Å²) in [6.07, 6.45) is 7.44. The molecule has 3 aromatic rings. The molecular weight excluding hydrogens is 328 g/mol. The quantitative estimate of drug-likeness (QED) is 0.659. The van der Waals surface area contributed by atoms with Crippen LogP contribution >= 0.6 is 0 Å². The highest BCUT2D eigenvalue weighted by Gasteiger charge is 2.22. The minimum atomic E-state index is -0.0363. The van der Waals surface area contributed by atoms with Crippen LogP contribution in [0, 0.1) is 5.92 Å². The molecule has 1 aliphatic heterocycles. The minimum Gasteiger partial charge on any atom is -0.357 e. The number of H-pyrrole nitrogens is 2. The Balaban J connectivity index is 1.29. The highest BCUT2D eigenvalue weighted by Crippen LogP contribution is 2.25. The lowest BCUT2D eigenvalue weighted by molar-refractivity contribution is 0.0940. The van der Waals surface area contributed by atoms with Crippen molar-refractivity contribution in [3.63, 3.8) is 0 Å². The van der Waals surface area contributed by atoms with Gasteiger partial charge < -0.3 is 15.2 Å². The fraction of sp³-hybridized carbons (Fsp3) is 0.316. The third-order valence-corrected chi connectivity index (χ3v) is 4.87. The van der Waals surface area contributed by atoms with Crippen LogP contribution in [0.2, 0.25) is 0 Å². The summed E-state index contributed by atoms with van der Waals surface area (Å²) in [5.41, 5.74) is 2.63. The summed E-state index contributed by atoms with van der Waals surface area (Å²) in [5, 5.41) is 10.6. The van der Waals surface area contributed by atoms with Crippen LogP contribution < -0.4 is 10.2 Å². The zero-order chi connectivity index (χ0) is 17.8. The Morgan fingerprint density at radius 3 is 2.88 bits per heavy atom. The Morgan fingerprint density at radius 1 is 1.27 bits per heavy atom. The van der Waals surface area contributed by atoms with Crippen LogP contribution in [0.1, 0.15) is 23.3 Å². The Labute approximate surface area is 151 Å². The molecule has 4 rings (SSSR count). The van der Waals surface area contributed by atoms with Gasteiger partial charge in [0, 0.05) is 49.9 Å². The number of carbonyl (C=O) groups is 1. The lowest BCUT2D eigenvalue weighted by Gasteiger charge is -2.32. The maximum atomic E-state index is 12.0. The highest BCUT2D eigenvalue weighted by molar-refractivity contribution is 5.92. The maximum absolute atomic E-state index is 12.0. The Hall–Kier alpha value is -3.09. The first-order chi connectivity index (χ1) is 12.8. The van der Waals surface area contributed by atoms with E-state index in [2.05, 4.69) is 36.4 Å². The number of hydrogen-bond donors (Lipinski definition) is 3. The molecule has 1 fully saturated rings. The van der Waals surface area contributed by atoms with Crippen molar-refractivity contribution in [3.8, 4) is 11.3 Å².